The zero-order chi connectivity index (χ0) is 11.9. The third kappa shape index (κ3) is 2.76. The fourth-order valence-corrected chi connectivity index (χ4v) is 2.39. The van der Waals surface area contributed by atoms with Crippen LogP contribution in [0.1, 0.15) is 44.1 Å². The summed E-state index contributed by atoms with van der Waals surface area (Å²) in [6.07, 6.45) is 0. The van der Waals surface area contributed by atoms with Crippen LogP contribution in [0.3, 0.4) is 0 Å². The first-order valence-electron chi connectivity index (χ1n) is 5.65. The van der Waals surface area contributed by atoms with Crippen LogP contribution in [0, 0.1) is 0 Å². The van der Waals surface area contributed by atoms with Crippen molar-refractivity contribution < 1.29 is 25.2 Å². The van der Waals surface area contributed by atoms with E-state index in [0.717, 1.165) is 24.2 Å². The summed E-state index contributed by atoms with van der Waals surface area (Å²) >= 11 is 0. The Morgan fingerprint density at radius 2 is 2.00 bits per heavy atom. The van der Waals surface area contributed by atoms with Crippen molar-refractivity contribution in [1.29, 1.82) is 0 Å². The van der Waals surface area contributed by atoms with E-state index in [-0.39, 0.29) is 39.2 Å². The minimum atomic E-state index is 0. The van der Waals surface area contributed by atoms with Crippen LogP contribution < -0.4 is 5.73 Å². The molecule has 2 rings (SSSR count). The van der Waals surface area contributed by atoms with E-state index in [1.807, 2.05) is 24.0 Å². The van der Waals surface area contributed by atoms with Crippen LogP contribution in [0.25, 0.3) is 0 Å². The fraction of sp³-hybridized carbons (Fsp3) is 0.500. The number of nitrogen functional groups attached to an aromatic ring is 1. The summed E-state index contributed by atoms with van der Waals surface area (Å²) in [6, 6.07) is 5.65. The molecule has 0 spiro atoms. The molecule has 0 unspecified atom stereocenters. The van der Waals surface area contributed by atoms with E-state index < -0.39 is 0 Å². The van der Waals surface area contributed by atoms with Gasteiger partial charge in [-0.1, -0.05) is 27.3 Å². The van der Waals surface area contributed by atoms with Crippen molar-refractivity contribution in [3.05, 3.63) is 29.3 Å². The van der Waals surface area contributed by atoms with E-state index in [9.17, 15) is 4.79 Å². The van der Waals surface area contributed by atoms with E-state index >= 15 is 0 Å². The minimum Gasteiger partial charge on any atom is -0.399 e. The topological polar surface area (TPSA) is 46.3 Å². The summed E-state index contributed by atoms with van der Waals surface area (Å²) in [4.78, 5) is 14.0. The number of benzene rings is 1. The molecule has 0 atom stereocenters. The fourth-order valence-electron chi connectivity index (χ4n) is 2.39. The Bertz CT molecular complexity index is 443. The van der Waals surface area contributed by atoms with E-state index in [0.29, 0.717) is 5.69 Å². The van der Waals surface area contributed by atoms with Gasteiger partial charge in [-0.15, -0.1) is 0 Å². The normalized spacial score (nSPS) is 16.4. The summed E-state index contributed by atoms with van der Waals surface area (Å²) in [7, 11) is 0. The van der Waals surface area contributed by atoms with Crippen LogP contribution in [-0.2, 0) is 25.8 Å². The summed E-state index contributed by atoms with van der Waals surface area (Å²) in [6.45, 7) is 7.86. The second-order valence-electron chi connectivity index (χ2n) is 5.01. The predicted molar refractivity (Wildman–Crippen MR) is 72.2 cm³/mol. The maximum Gasteiger partial charge on any atom is 0.254 e. The van der Waals surface area contributed by atoms with Crippen molar-refractivity contribution in [3.63, 3.8) is 0 Å². The van der Waals surface area contributed by atoms with Crippen LogP contribution in [0.15, 0.2) is 18.2 Å². The Kier molecular flexibility index (Phi) is 5.59. The number of carbonyl (C=O) groups is 1. The minimum absolute atomic E-state index is 0. The van der Waals surface area contributed by atoms with Gasteiger partial charge in [-0.3, -0.25) is 4.79 Å². The zero-order valence-electron chi connectivity index (χ0n) is 10.4. The van der Waals surface area contributed by atoms with Gasteiger partial charge >= 0.3 is 0 Å². The van der Waals surface area contributed by atoms with Gasteiger partial charge in [0.15, 0.2) is 0 Å². The molecule has 104 valence electrons. The van der Waals surface area contributed by atoms with Crippen LogP contribution in [0.2, 0.25) is 0 Å². The molecule has 1 aromatic carbocycles. The Morgan fingerprint density at radius 1 is 1.39 bits per heavy atom. The van der Waals surface area contributed by atoms with Gasteiger partial charge in [0.05, 0.1) is 0 Å². The molecule has 1 aromatic rings. The zero-order valence-corrected chi connectivity index (χ0v) is 11.9. The van der Waals surface area contributed by atoms with Gasteiger partial charge in [0.2, 0.25) is 0 Å². The number of rotatable bonds is 1. The number of hydrogen-bond acceptors (Lipinski definition) is 2. The summed E-state index contributed by atoms with van der Waals surface area (Å²) in [5.41, 5.74) is 8.28. The number of carbonyl (C=O) groups excluding carboxylic acids is 1. The van der Waals surface area contributed by atoms with Crippen molar-refractivity contribution in [2.45, 2.75) is 33.6 Å². The molecule has 0 radical (unpaired) electrons. The third-order valence-electron chi connectivity index (χ3n) is 3.26. The van der Waals surface area contributed by atoms with Gasteiger partial charge in [0.1, 0.15) is 0 Å². The molecule has 1 aliphatic rings. The van der Waals surface area contributed by atoms with E-state index in [1.54, 1.807) is 6.07 Å². The van der Waals surface area contributed by atoms with E-state index in [1.165, 1.54) is 0 Å². The molecule has 0 saturated heterocycles. The van der Waals surface area contributed by atoms with Gasteiger partial charge in [-0.2, -0.15) is 0 Å². The second kappa shape index (κ2) is 5.86. The standard InChI is InChI=1S/C13H18N2O.CH4.Pd/c1-4-15-8-13(2,3)11-6-5-9(14)7-10(11)12(15)16;;/h5-7H,4,8,14H2,1-3H3;1H4;. The molecular formula is C14H22N2OPd. The van der Waals surface area contributed by atoms with Gasteiger partial charge in [0, 0.05) is 50.2 Å². The van der Waals surface area contributed by atoms with Crippen LogP contribution in [0.5, 0.6) is 0 Å². The molecule has 3 nitrogen and oxygen atoms in total. The first kappa shape index (κ1) is 17.2. The van der Waals surface area contributed by atoms with Gasteiger partial charge < -0.3 is 10.6 Å². The number of fused-ring (bicyclic) bond motifs is 1. The Morgan fingerprint density at radius 3 is 2.56 bits per heavy atom. The average Bonchev–Trinajstić information content (AvgIpc) is 2.23. The van der Waals surface area contributed by atoms with E-state index in [4.69, 9.17) is 5.73 Å². The number of likely N-dealkylation sites (N-methyl/N-ethyl adjacent to an activating group) is 1. The number of hydrogen-bond donors (Lipinski definition) is 1. The molecule has 0 fully saturated rings. The molecule has 1 heterocycles. The van der Waals surface area contributed by atoms with Crippen LogP contribution in [0.4, 0.5) is 5.69 Å². The quantitative estimate of drug-likeness (QED) is 0.631. The largest absolute Gasteiger partial charge is 0.399 e. The van der Waals surface area contributed by atoms with Gasteiger partial charge in [-0.25, -0.2) is 0 Å². The van der Waals surface area contributed by atoms with Crippen LogP contribution >= 0.6 is 0 Å². The Balaban J connectivity index is 0.00000144. The first-order valence-corrected chi connectivity index (χ1v) is 5.65. The molecule has 2 N–H and O–H groups in total. The van der Waals surface area contributed by atoms with Gasteiger partial charge in [-0.05, 0) is 24.6 Å². The number of nitrogens with zero attached hydrogens (tertiary/aromatic N) is 1. The van der Waals surface area contributed by atoms with E-state index in [2.05, 4.69) is 13.8 Å². The number of amides is 1. The Labute approximate surface area is 123 Å². The van der Waals surface area contributed by atoms with Crippen molar-refractivity contribution in [2.24, 2.45) is 0 Å². The molecule has 1 aliphatic heterocycles. The SMILES string of the molecule is C.CCN1CC(C)(C)c2ccc(N)cc2C1=O.[Pd]. The summed E-state index contributed by atoms with van der Waals surface area (Å²) < 4.78 is 0. The second-order valence-corrected chi connectivity index (χ2v) is 5.01. The average molecular weight is 341 g/mol. The monoisotopic (exact) mass is 340 g/mol. The van der Waals surface area contributed by atoms with Crippen molar-refractivity contribution in [3.8, 4) is 0 Å². The predicted octanol–water partition coefficient (Wildman–Crippen LogP) is 2.66. The van der Waals surface area contributed by atoms with Crippen molar-refractivity contribution in [2.75, 3.05) is 18.8 Å². The van der Waals surface area contributed by atoms with Crippen molar-refractivity contribution in [1.82, 2.24) is 4.90 Å². The smallest absolute Gasteiger partial charge is 0.254 e. The van der Waals surface area contributed by atoms with Gasteiger partial charge in [0.25, 0.3) is 5.91 Å². The van der Waals surface area contributed by atoms with Crippen LogP contribution in [-0.4, -0.2) is 23.9 Å². The first-order chi connectivity index (χ1) is 7.45. The molecule has 1 amide bonds. The molecule has 18 heavy (non-hydrogen) atoms. The maximum atomic E-state index is 12.2. The third-order valence-corrected chi connectivity index (χ3v) is 3.26. The summed E-state index contributed by atoms with van der Waals surface area (Å²) in [5.74, 6) is 0.101. The molecule has 4 heteroatoms. The molecule has 0 aliphatic carbocycles. The Hall–Kier alpha value is -0.848. The maximum absolute atomic E-state index is 12.2. The molecule has 0 saturated carbocycles. The van der Waals surface area contributed by atoms with Crippen molar-refractivity contribution >= 4 is 11.6 Å². The molecule has 0 bridgehead atoms. The number of nitrogens with two attached hydrogens (primary N) is 1. The summed E-state index contributed by atoms with van der Waals surface area (Å²) in [5, 5.41) is 0. The molecular weight excluding hydrogens is 319 g/mol. The number of anilines is 1. The molecule has 0 aromatic heterocycles.